The van der Waals surface area contributed by atoms with Crippen molar-refractivity contribution in [2.75, 3.05) is 32.8 Å². The molecular formula is C15H26N2O3S. The van der Waals surface area contributed by atoms with Gasteiger partial charge in [0.25, 0.3) is 0 Å². The Bertz CT molecular complexity index is 500. The predicted octanol–water partition coefficient (Wildman–Crippen LogP) is 1.84. The highest BCUT2D eigenvalue weighted by atomic mass is 32.2. The smallest absolute Gasteiger partial charge is 0.243 e. The fourth-order valence-corrected chi connectivity index (χ4v) is 3.39. The molecule has 0 fully saturated rings. The highest BCUT2D eigenvalue weighted by Crippen LogP contribution is 2.16. The van der Waals surface area contributed by atoms with Gasteiger partial charge >= 0.3 is 0 Å². The second-order valence-electron chi connectivity index (χ2n) is 4.62. The van der Waals surface area contributed by atoms with Gasteiger partial charge in [0.2, 0.25) is 10.0 Å². The Hall–Kier alpha value is -0.950. The summed E-state index contributed by atoms with van der Waals surface area (Å²) in [5, 5.41) is 3.21. The van der Waals surface area contributed by atoms with Crippen molar-refractivity contribution in [3.63, 3.8) is 0 Å². The Labute approximate surface area is 128 Å². The van der Waals surface area contributed by atoms with E-state index in [0.717, 1.165) is 18.7 Å². The molecule has 5 nitrogen and oxygen atoms in total. The van der Waals surface area contributed by atoms with Crippen molar-refractivity contribution in [2.45, 2.75) is 32.2 Å². The quantitative estimate of drug-likeness (QED) is 0.670. The molecule has 1 aromatic carbocycles. The van der Waals surface area contributed by atoms with E-state index in [2.05, 4.69) is 5.32 Å². The number of hydrogen-bond acceptors (Lipinski definition) is 4. The topological polar surface area (TPSA) is 58.6 Å². The molecule has 0 radical (unpaired) electrons. The molecule has 0 aliphatic carbocycles. The van der Waals surface area contributed by atoms with E-state index in [0.29, 0.717) is 31.2 Å². The highest BCUT2D eigenvalue weighted by molar-refractivity contribution is 7.89. The number of ether oxygens (including phenoxy) is 1. The first kappa shape index (κ1) is 18.1. The lowest BCUT2D eigenvalue weighted by atomic mass is 10.2. The third-order valence-electron chi connectivity index (χ3n) is 3.18. The summed E-state index contributed by atoms with van der Waals surface area (Å²) in [4.78, 5) is 0.334. The van der Waals surface area contributed by atoms with Crippen molar-refractivity contribution >= 4 is 10.0 Å². The lowest BCUT2D eigenvalue weighted by Crippen LogP contribution is -2.34. The Morgan fingerprint density at radius 2 is 1.81 bits per heavy atom. The molecule has 1 N–H and O–H groups in total. The average Bonchev–Trinajstić information content (AvgIpc) is 2.49. The van der Waals surface area contributed by atoms with Crippen molar-refractivity contribution in [3.05, 3.63) is 29.8 Å². The van der Waals surface area contributed by atoms with Crippen molar-refractivity contribution in [2.24, 2.45) is 0 Å². The van der Waals surface area contributed by atoms with E-state index in [9.17, 15) is 8.42 Å². The van der Waals surface area contributed by atoms with Crippen LogP contribution in [0.1, 0.15) is 26.3 Å². The maximum atomic E-state index is 12.5. The number of sulfonamides is 1. The van der Waals surface area contributed by atoms with Gasteiger partial charge in [0.1, 0.15) is 0 Å². The van der Waals surface area contributed by atoms with E-state index in [-0.39, 0.29) is 0 Å². The van der Waals surface area contributed by atoms with Crippen LogP contribution in [-0.2, 0) is 21.3 Å². The van der Waals surface area contributed by atoms with Crippen molar-refractivity contribution in [1.29, 1.82) is 0 Å². The van der Waals surface area contributed by atoms with E-state index in [1.807, 2.05) is 32.9 Å². The average molecular weight is 314 g/mol. The lowest BCUT2D eigenvalue weighted by Gasteiger charge is -2.20. The number of likely N-dealkylation sites (N-methyl/N-ethyl adjacent to an activating group) is 1. The van der Waals surface area contributed by atoms with Crippen LogP contribution in [-0.4, -0.2) is 45.6 Å². The second-order valence-corrected chi connectivity index (χ2v) is 6.56. The zero-order valence-electron chi connectivity index (χ0n) is 13.1. The minimum absolute atomic E-state index is 0.334. The molecule has 0 unspecified atom stereocenters. The number of benzene rings is 1. The van der Waals surface area contributed by atoms with Crippen LogP contribution in [0.3, 0.4) is 0 Å². The first-order valence-electron chi connectivity index (χ1n) is 7.43. The van der Waals surface area contributed by atoms with Crippen LogP contribution in [0.25, 0.3) is 0 Å². The van der Waals surface area contributed by atoms with Gasteiger partial charge in [-0.25, -0.2) is 8.42 Å². The molecule has 1 aromatic rings. The number of hydrogen-bond donors (Lipinski definition) is 1. The summed E-state index contributed by atoms with van der Waals surface area (Å²) < 4.78 is 31.8. The molecule has 120 valence electrons. The molecule has 0 aliphatic rings. The molecule has 0 bridgehead atoms. The molecular weight excluding hydrogens is 288 g/mol. The first-order chi connectivity index (χ1) is 10.1. The van der Waals surface area contributed by atoms with Crippen LogP contribution in [0.2, 0.25) is 0 Å². The molecule has 0 saturated heterocycles. The minimum Gasteiger partial charge on any atom is -0.380 e. The number of nitrogens with one attached hydrogen (secondary N) is 1. The standard InChI is InChI=1S/C15H26N2O3S/c1-4-16-13-14-7-9-15(10-8-14)21(18,19)17(5-2)11-12-20-6-3/h7-10,16H,4-6,11-13H2,1-3H3. The molecule has 0 atom stereocenters. The van der Waals surface area contributed by atoms with E-state index in [1.54, 1.807) is 12.1 Å². The Balaban J connectivity index is 2.79. The fraction of sp³-hybridized carbons (Fsp3) is 0.600. The number of nitrogens with zero attached hydrogens (tertiary/aromatic N) is 1. The molecule has 0 aromatic heterocycles. The third-order valence-corrected chi connectivity index (χ3v) is 5.17. The van der Waals surface area contributed by atoms with Gasteiger partial charge in [0.05, 0.1) is 11.5 Å². The summed E-state index contributed by atoms with van der Waals surface area (Å²) >= 11 is 0. The molecule has 0 aliphatic heterocycles. The van der Waals surface area contributed by atoms with Crippen molar-refractivity contribution < 1.29 is 13.2 Å². The van der Waals surface area contributed by atoms with Crippen LogP contribution < -0.4 is 5.32 Å². The summed E-state index contributed by atoms with van der Waals surface area (Å²) in [5.41, 5.74) is 1.08. The zero-order chi connectivity index (χ0) is 15.7. The van der Waals surface area contributed by atoms with Crippen LogP contribution in [0.4, 0.5) is 0 Å². The monoisotopic (exact) mass is 314 g/mol. The summed E-state index contributed by atoms with van der Waals surface area (Å²) in [6, 6.07) is 7.05. The Kier molecular flexibility index (Phi) is 7.88. The number of rotatable bonds is 10. The minimum atomic E-state index is -3.44. The normalized spacial score (nSPS) is 12.0. The molecule has 0 spiro atoms. The molecule has 0 saturated carbocycles. The van der Waals surface area contributed by atoms with Gasteiger partial charge in [-0.15, -0.1) is 0 Å². The fourth-order valence-electron chi connectivity index (χ4n) is 1.96. The maximum Gasteiger partial charge on any atom is 0.243 e. The summed E-state index contributed by atoms with van der Waals surface area (Å²) in [5.74, 6) is 0. The molecule has 0 heterocycles. The van der Waals surface area contributed by atoms with E-state index in [1.165, 1.54) is 4.31 Å². The van der Waals surface area contributed by atoms with Gasteiger partial charge in [-0.2, -0.15) is 4.31 Å². The maximum absolute atomic E-state index is 12.5. The van der Waals surface area contributed by atoms with Crippen LogP contribution in [0.5, 0.6) is 0 Å². The SMILES string of the molecule is CCNCc1ccc(S(=O)(=O)N(CC)CCOCC)cc1. The first-order valence-corrected chi connectivity index (χ1v) is 8.87. The van der Waals surface area contributed by atoms with Gasteiger partial charge in [0.15, 0.2) is 0 Å². The molecule has 1 rings (SSSR count). The molecule has 21 heavy (non-hydrogen) atoms. The largest absolute Gasteiger partial charge is 0.380 e. The van der Waals surface area contributed by atoms with Gasteiger partial charge in [-0.05, 0) is 31.2 Å². The van der Waals surface area contributed by atoms with Crippen molar-refractivity contribution in [3.8, 4) is 0 Å². The van der Waals surface area contributed by atoms with Crippen LogP contribution in [0.15, 0.2) is 29.2 Å². The van der Waals surface area contributed by atoms with E-state index >= 15 is 0 Å². The van der Waals surface area contributed by atoms with Crippen molar-refractivity contribution in [1.82, 2.24) is 9.62 Å². The lowest BCUT2D eigenvalue weighted by molar-refractivity contribution is 0.135. The molecule has 0 amide bonds. The predicted molar refractivity (Wildman–Crippen MR) is 84.7 cm³/mol. The Morgan fingerprint density at radius 1 is 1.14 bits per heavy atom. The summed E-state index contributed by atoms with van der Waals surface area (Å²) in [7, 11) is -3.44. The Morgan fingerprint density at radius 3 is 2.33 bits per heavy atom. The van der Waals surface area contributed by atoms with Gasteiger partial charge in [-0.3, -0.25) is 0 Å². The van der Waals surface area contributed by atoms with Gasteiger partial charge < -0.3 is 10.1 Å². The van der Waals surface area contributed by atoms with Crippen LogP contribution in [0, 0.1) is 0 Å². The van der Waals surface area contributed by atoms with Gasteiger partial charge in [0, 0.05) is 26.2 Å². The van der Waals surface area contributed by atoms with E-state index < -0.39 is 10.0 Å². The summed E-state index contributed by atoms with van der Waals surface area (Å²) in [6.07, 6.45) is 0. The zero-order valence-corrected chi connectivity index (χ0v) is 13.9. The van der Waals surface area contributed by atoms with Gasteiger partial charge in [-0.1, -0.05) is 26.0 Å². The third kappa shape index (κ3) is 5.39. The second kappa shape index (κ2) is 9.15. The van der Waals surface area contributed by atoms with Crippen LogP contribution >= 0.6 is 0 Å². The molecule has 6 heteroatoms. The van der Waals surface area contributed by atoms with E-state index in [4.69, 9.17) is 4.74 Å². The highest BCUT2D eigenvalue weighted by Gasteiger charge is 2.22. The summed E-state index contributed by atoms with van der Waals surface area (Å²) in [6.45, 7) is 9.24.